The van der Waals surface area contributed by atoms with Gasteiger partial charge in [0.1, 0.15) is 22.6 Å². The second-order valence-electron chi connectivity index (χ2n) is 25.5. The molecule has 0 aliphatic heterocycles. The molecule has 13 aliphatic rings. The van der Waals surface area contributed by atoms with Crippen LogP contribution < -0.4 is 11.5 Å². The summed E-state index contributed by atoms with van der Waals surface area (Å²) < 4.78 is 0. The Kier molecular flexibility index (Phi) is 8.51. The standard InChI is InChI=1S/C61H67N3O7/c1-32(51(67)68)39-20-25-56(64-52(62)63)26-27-57-44(34-13-7-8-14-34)49(56)60(39,70)40-19-18-36-29-38-30-58(69)45(37-17-16-33-12-6-9-15-35(33)28-37)48-53(2)22-10-5-11-23-59(61(38,71)47(57)43(36)40)50(58)46(41(65)31-55(57,59)4)54(48,3)24-21-42(53)66/h6,9,12,15,19,26-28,30,34,44-45,47-49,69-71H,7-8,11,13-14,16-18,20-25,29,31H2,1-4H3,(H,67,68)(H4,62,63,64). The van der Waals surface area contributed by atoms with Gasteiger partial charge in [0.25, 0.3) is 0 Å². The lowest BCUT2D eigenvalue weighted by Crippen LogP contribution is -2.73. The molecule has 14 unspecified atom stereocenters. The van der Waals surface area contributed by atoms with Crippen LogP contribution in [0.3, 0.4) is 0 Å². The molecule has 8 N–H and O–H groups in total. The fourth-order valence-corrected chi connectivity index (χ4v) is 21.3. The molecule has 5 fully saturated rings. The van der Waals surface area contributed by atoms with E-state index in [-0.39, 0.29) is 41.9 Å². The van der Waals surface area contributed by atoms with Crippen molar-refractivity contribution in [2.45, 2.75) is 153 Å². The normalized spacial score (nSPS) is 47.6. The summed E-state index contributed by atoms with van der Waals surface area (Å²) in [6, 6.07) is 8.45. The van der Waals surface area contributed by atoms with Crippen molar-refractivity contribution in [3.05, 3.63) is 110 Å². The average molecular weight is 954 g/mol. The number of ketones is 2. The lowest BCUT2D eigenvalue weighted by molar-refractivity contribution is -0.176. The van der Waals surface area contributed by atoms with Gasteiger partial charge in [0.15, 0.2) is 11.7 Å². The zero-order valence-electron chi connectivity index (χ0n) is 41.6. The fourth-order valence-electron chi connectivity index (χ4n) is 21.3. The number of carboxylic acid groups (broad SMARTS) is 1. The predicted octanol–water partition coefficient (Wildman–Crippen LogP) is 8.08. The Morgan fingerprint density at radius 1 is 0.901 bits per heavy atom. The van der Waals surface area contributed by atoms with Crippen LogP contribution >= 0.6 is 0 Å². The van der Waals surface area contributed by atoms with Gasteiger partial charge in [0.05, 0.1) is 5.54 Å². The number of carbonyl (C=O) groups is 3. The lowest BCUT2D eigenvalue weighted by Gasteiger charge is -2.71. The molecule has 0 aromatic heterocycles. The monoisotopic (exact) mass is 953 g/mol. The predicted molar refractivity (Wildman–Crippen MR) is 268 cm³/mol. The summed E-state index contributed by atoms with van der Waals surface area (Å²) in [7, 11) is 0. The minimum Gasteiger partial charge on any atom is -0.478 e. The van der Waals surface area contributed by atoms with Crippen LogP contribution in [0.15, 0.2) is 104 Å². The van der Waals surface area contributed by atoms with Gasteiger partial charge in [-0.25, -0.2) is 9.79 Å². The Morgan fingerprint density at radius 2 is 1.68 bits per heavy atom. The number of rotatable bonds is 4. The molecule has 1 aromatic carbocycles. The van der Waals surface area contributed by atoms with E-state index < -0.39 is 85.0 Å². The second-order valence-corrected chi connectivity index (χ2v) is 25.5. The summed E-state index contributed by atoms with van der Waals surface area (Å²) in [4.78, 5) is 50.1. The maximum absolute atomic E-state index is 16.7. The number of carboxylic acids is 1. The van der Waals surface area contributed by atoms with E-state index in [1.807, 2.05) is 6.08 Å². The Labute approximate surface area is 416 Å². The number of hydrogen-bond donors (Lipinski definition) is 6. The van der Waals surface area contributed by atoms with Crippen LogP contribution in [0.1, 0.15) is 135 Å². The van der Waals surface area contributed by atoms with Crippen molar-refractivity contribution in [3.8, 4) is 11.8 Å². The molecule has 71 heavy (non-hydrogen) atoms. The molecule has 14 rings (SSSR count). The smallest absolute Gasteiger partial charge is 0.331 e. The fraction of sp³-hybridized carbons (Fsp3) is 0.574. The number of nitrogens with zero attached hydrogens (tertiary/aromatic N) is 1. The quantitative estimate of drug-likeness (QED) is 0.0569. The molecule has 0 saturated heterocycles. The summed E-state index contributed by atoms with van der Waals surface area (Å²) in [6.45, 7) is 8.16. The van der Waals surface area contributed by atoms with E-state index in [9.17, 15) is 19.8 Å². The van der Waals surface area contributed by atoms with E-state index in [1.165, 1.54) is 5.56 Å². The molecular weight excluding hydrogens is 887 g/mol. The highest BCUT2D eigenvalue weighted by Crippen LogP contribution is 2.90. The summed E-state index contributed by atoms with van der Waals surface area (Å²) >= 11 is 0. The number of aliphatic carboxylic acids is 1. The topological polar surface area (TPSA) is 197 Å². The Hall–Kier alpha value is -5.08. The molecule has 14 atom stereocenters. The van der Waals surface area contributed by atoms with Crippen LogP contribution in [-0.4, -0.2) is 66.3 Å². The zero-order valence-corrected chi connectivity index (χ0v) is 41.6. The van der Waals surface area contributed by atoms with E-state index in [1.54, 1.807) is 6.92 Å². The highest BCUT2D eigenvalue weighted by molar-refractivity contribution is 6.03. The van der Waals surface area contributed by atoms with Gasteiger partial charge in [-0.05, 0) is 127 Å². The summed E-state index contributed by atoms with van der Waals surface area (Å²) in [5.74, 6) is 3.11. The molecule has 2 spiro atoms. The van der Waals surface area contributed by atoms with Gasteiger partial charge in [0.2, 0.25) is 0 Å². The summed E-state index contributed by atoms with van der Waals surface area (Å²) in [5, 5.41) is 56.1. The van der Waals surface area contributed by atoms with Gasteiger partial charge in [0, 0.05) is 76.2 Å². The number of aryl methyl sites for hydroxylation is 1. The van der Waals surface area contributed by atoms with Crippen LogP contribution in [0.2, 0.25) is 0 Å². The molecule has 10 heteroatoms. The number of carbonyl (C=O) groups excluding carboxylic acids is 2. The summed E-state index contributed by atoms with van der Waals surface area (Å²) in [6.07, 6.45) is 19.3. The van der Waals surface area contributed by atoms with E-state index >= 15 is 15.0 Å². The van der Waals surface area contributed by atoms with Gasteiger partial charge in [-0.15, -0.1) is 11.8 Å². The number of nitrogens with two attached hydrogens (primary N) is 2. The molecular formula is C61H67N3O7. The first kappa shape index (κ1) is 44.6. The van der Waals surface area contributed by atoms with Crippen LogP contribution in [0.25, 0.3) is 6.08 Å². The van der Waals surface area contributed by atoms with E-state index in [0.29, 0.717) is 80.1 Å². The number of benzene rings is 1. The zero-order chi connectivity index (χ0) is 49.4. The number of allylic oxidation sites excluding steroid dienone is 4. The van der Waals surface area contributed by atoms with E-state index in [0.717, 1.165) is 60.0 Å². The second kappa shape index (κ2) is 13.5. The minimum absolute atomic E-state index is 0.00485. The average Bonchev–Trinajstić information content (AvgIpc) is 4.05. The van der Waals surface area contributed by atoms with Crippen molar-refractivity contribution >= 4 is 29.6 Å². The summed E-state index contributed by atoms with van der Waals surface area (Å²) in [5.41, 5.74) is 9.98. The van der Waals surface area contributed by atoms with Crippen molar-refractivity contribution in [1.29, 1.82) is 0 Å². The van der Waals surface area contributed by atoms with Gasteiger partial charge >= 0.3 is 5.97 Å². The van der Waals surface area contributed by atoms with Crippen LogP contribution in [0.4, 0.5) is 0 Å². The van der Waals surface area contributed by atoms with Gasteiger partial charge in [-0.1, -0.05) is 106 Å². The van der Waals surface area contributed by atoms with Crippen molar-refractivity contribution < 1.29 is 34.8 Å². The Bertz CT molecular complexity index is 3130. The van der Waals surface area contributed by atoms with Crippen molar-refractivity contribution in [2.75, 3.05) is 0 Å². The molecule has 0 radical (unpaired) electrons. The first-order valence-corrected chi connectivity index (χ1v) is 26.9. The minimum atomic E-state index is -1.83. The first-order valence-electron chi connectivity index (χ1n) is 26.9. The molecule has 0 heterocycles. The maximum atomic E-state index is 16.7. The van der Waals surface area contributed by atoms with E-state index in [2.05, 4.69) is 81.2 Å². The van der Waals surface area contributed by atoms with Crippen LogP contribution in [0, 0.1) is 74.4 Å². The van der Waals surface area contributed by atoms with Crippen molar-refractivity contribution in [1.82, 2.24) is 0 Å². The molecule has 13 aliphatic carbocycles. The van der Waals surface area contributed by atoms with Gasteiger partial charge in [-0.2, -0.15) is 0 Å². The Morgan fingerprint density at radius 3 is 2.44 bits per heavy atom. The SMILES string of the molecule is CC(C(=O)O)=C1CCC2(N=C(N)N)C=CC34C(C5CCCC5)C2C1(O)C1=CCC2=C1C3C1(O)C(=CC3(O)C5=C6C(=O)CC4(C)C51CCC#CCC1(C)C(=O)CCC6(C)C1C3C1=Cc3ccccc3CC1)C2. The van der Waals surface area contributed by atoms with Crippen LogP contribution in [0.5, 0.6) is 0 Å². The molecule has 0 amide bonds. The number of aliphatic imine (C=N–C) groups is 1. The molecule has 1 aromatic rings. The lowest BCUT2D eigenvalue weighted by atomic mass is 9.32. The molecule has 368 valence electrons. The number of guanidine groups is 1. The highest BCUT2D eigenvalue weighted by Gasteiger charge is 2.91. The van der Waals surface area contributed by atoms with Crippen LogP contribution in [-0.2, 0) is 20.8 Å². The first-order chi connectivity index (χ1) is 33.7. The number of fused-ring (bicyclic) bond motifs is 3. The van der Waals surface area contributed by atoms with Crippen molar-refractivity contribution in [3.63, 3.8) is 0 Å². The van der Waals surface area contributed by atoms with Gasteiger partial charge in [-0.3, -0.25) is 9.59 Å². The maximum Gasteiger partial charge on any atom is 0.331 e. The highest BCUT2D eigenvalue weighted by atomic mass is 16.4. The Balaban J connectivity index is 1.17. The third kappa shape index (κ3) is 4.62. The molecule has 5 saturated carbocycles. The third-order valence-corrected chi connectivity index (χ3v) is 23.3. The largest absolute Gasteiger partial charge is 0.478 e. The van der Waals surface area contributed by atoms with Gasteiger partial charge < -0.3 is 31.9 Å². The van der Waals surface area contributed by atoms with Crippen molar-refractivity contribution in [2.24, 2.45) is 79.0 Å². The molecule has 10 nitrogen and oxygen atoms in total. The molecule has 6 bridgehead atoms. The number of hydrogen-bond acceptors (Lipinski definition) is 7. The third-order valence-electron chi connectivity index (χ3n) is 23.3. The number of Topliss-reactive ketones (excluding diaryl/α,β-unsaturated/α-hetero) is 2. The van der Waals surface area contributed by atoms with E-state index in [4.69, 9.17) is 16.5 Å². The number of aliphatic hydroxyl groups is 3.